The molecule has 1 atom stereocenters. The number of rotatable bonds is 11. The highest BCUT2D eigenvalue weighted by Gasteiger charge is 2.18. The number of carbonyl (C=O) groups excluding carboxylic acids is 1. The molecule has 7 heteroatoms. The zero-order valence-corrected chi connectivity index (χ0v) is 19.3. The molecular weight excluding hydrogens is 384 g/mol. The lowest BCUT2D eigenvalue weighted by atomic mass is 10.0. The van der Waals surface area contributed by atoms with E-state index in [2.05, 4.69) is 54.7 Å². The second kappa shape index (κ2) is 11.2. The van der Waals surface area contributed by atoms with E-state index in [-0.39, 0.29) is 18.0 Å². The van der Waals surface area contributed by atoms with Crippen LogP contribution >= 0.6 is 11.8 Å². The number of benzene rings is 1. The van der Waals surface area contributed by atoms with Crippen molar-refractivity contribution in [3.8, 4) is 17.1 Å². The van der Waals surface area contributed by atoms with Crippen LogP contribution in [0.25, 0.3) is 11.4 Å². The van der Waals surface area contributed by atoms with Crippen molar-refractivity contribution in [2.24, 2.45) is 5.92 Å². The monoisotopic (exact) mass is 418 g/mol. The molecule has 0 saturated carbocycles. The van der Waals surface area contributed by atoms with Gasteiger partial charge in [0.1, 0.15) is 5.75 Å². The first-order valence-electron chi connectivity index (χ1n) is 10.3. The summed E-state index contributed by atoms with van der Waals surface area (Å²) in [6, 6.07) is 8.15. The summed E-state index contributed by atoms with van der Waals surface area (Å²) in [6.45, 7) is 10.7. The third kappa shape index (κ3) is 7.07. The standard InChI is InChI=1S/C22H34N4O2S/c1-15(2)8-7-9-17(5)23-20(27)14-29-22-25-24-21(26(22)16(3)4)18-10-12-19(28-6)13-11-18/h10-13,15-17H,7-9,14H2,1-6H3,(H,23,27)/t17-/m0/s1. The van der Waals surface area contributed by atoms with Crippen molar-refractivity contribution in [2.75, 3.05) is 12.9 Å². The summed E-state index contributed by atoms with van der Waals surface area (Å²) in [6.07, 6.45) is 3.35. The van der Waals surface area contributed by atoms with E-state index in [0.29, 0.717) is 11.7 Å². The third-order valence-corrected chi connectivity index (χ3v) is 5.63. The summed E-state index contributed by atoms with van der Waals surface area (Å²) in [5.41, 5.74) is 0.974. The minimum absolute atomic E-state index is 0.0383. The Morgan fingerprint density at radius 2 is 1.79 bits per heavy atom. The quantitative estimate of drug-likeness (QED) is 0.523. The largest absolute Gasteiger partial charge is 0.497 e. The van der Waals surface area contributed by atoms with Crippen LogP contribution in [-0.2, 0) is 4.79 Å². The minimum atomic E-state index is 0.0383. The van der Waals surface area contributed by atoms with Gasteiger partial charge in [0, 0.05) is 17.6 Å². The zero-order chi connectivity index (χ0) is 21.4. The van der Waals surface area contributed by atoms with Crippen molar-refractivity contribution in [3.63, 3.8) is 0 Å². The van der Waals surface area contributed by atoms with Gasteiger partial charge in [-0.3, -0.25) is 9.36 Å². The lowest BCUT2D eigenvalue weighted by molar-refractivity contribution is -0.119. The molecule has 29 heavy (non-hydrogen) atoms. The van der Waals surface area contributed by atoms with E-state index in [1.165, 1.54) is 18.2 Å². The van der Waals surface area contributed by atoms with E-state index in [9.17, 15) is 4.79 Å². The fourth-order valence-electron chi connectivity index (χ4n) is 3.13. The molecule has 0 aliphatic rings. The Morgan fingerprint density at radius 1 is 1.10 bits per heavy atom. The summed E-state index contributed by atoms with van der Waals surface area (Å²) >= 11 is 1.43. The number of nitrogens with zero attached hydrogens (tertiary/aromatic N) is 3. The molecule has 1 aromatic carbocycles. The lowest BCUT2D eigenvalue weighted by Gasteiger charge is -2.16. The fourth-order valence-corrected chi connectivity index (χ4v) is 4.01. The second-order valence-corrected chi connectivity index (χ2v) is 9.02. The number of nitrogens with one attached hydrogen (secondary N) is 1. The predicted molar refractivity (Wildman–Crippen MR) is 119 cm³/mol. The van der Waals surface area contributed by atoms with Crippen LogP contribution in [0.15, 0.2) is 29.4 Å². The number of thioether (sulfide) groups is 1. The summed E-state index contributed by atoms with van der Waals surface area (Å²) in [5, 5.41) is 12.6. The fraction of sp³-hybridized carbons (Fsp3) is 0.591. The molecule has 160 valence electrons. The smallest absolute Gasteiger partial charge is 0.230 e. The van der Waals surface area contributed by atoms with Crippen molar-refractivity contribution in [1.82, 2.24) is 20.1 Å². The number of hydrogen-bond acceptors (Lipinski definition) is 5. The first-order chi connectivity index (χ1) is 13.8. The topological polar surface area (TPSA) is 69.0 Å². The molecule has 1 N–H and O–H groups in total. The summed E-state index contributed by atoms with van der Waals surface area (Å²) in [5.74, 6) is 2.68. The molecule has 0 saturated heterocycles. The molecule has 0 radical (unpaired) electrons. The first kappa shape index (κ1) is 23.3. The molecule has 0 aliphatic heterocycles. The number of amides is 1. The van der Waals surface area contributed by atoms with Gasteiger partial charge in [-0.2, -0.15) is 0 Å². The van der Waals surface area contributed by atoms with Gasteiger partial charge in [0.15, 0.2) is 11.0 Å². The Hall–Kier alpha value is -2.02. The summed E-state index contributed by atoms with van der Waals surface area (Å²) < 4.78 is 7.30. The average molecular weight is 419 g/mol. The number of carbonyl (C=O) groups is 1. The number of methoxy groups -OCH3 is 1. The van der Waals surface area contributed by atoms with E-state index in [0.717, 1.165) is 35.1 Å². The molecule has 1 amide bonds. The van der Waals surface area contributed by atoms with Crippen LogP contribution in [0.3, 0.4) is 0 Å². The molecule has 6 nitrogen and oxygen atoms in total. The van der Waals surface area contributed by atoms with Crippen LogP contribution in [0.5, 0.6) is 5.75 Å². The molecule has 0 spiro atoms. The van der Waals surface area contributed by atoms with Gasteiger partial charge in [-0.15, -0.1) is 10.2 Å². The Bertz CT molecular complexity index is 772. The van der Waals surface area contributed by atoms with Gasteiger partial charge in [-0.25, -0.2) is 0 Å². The van der Waals surface area contributed by atoms with Crippen LogP contribution in [0.4, 0.5) is 0 Å². The predicted octanol–water partition coefficient (Wildman–Crippen LogP) is 4.96. The average Bonchev–Trinajstić information content (AvgIpc) is 3.10. The van der Waals surface area contributed by atoms with Gasteiger partial charge in [0.25, 0.3) is 0 Å². The summed E-state index contributed by atoms with van der Waals surface area (Å²) in [7, 11) is 1.65. The number of ether oxygens (including phenoxy) is 1. The number of hydrogen-bond donors (Lipinski definition) is 1. The molecule has 0 bridgehead atoms. The lowest BCUT2D eigenvalue weighted by Crippen LogP contribution is -2.33. The SMILES string of the molecule is COc1ccc(-c2nnc(SCC(=O)N[C@@H](C)CCCC(C)C)n2C(C)C)cc1. The maximum Gasteiger partial charge on any atom is 0.230 e. The molecular formula is C22H34N4O2S. The van der Waals surface area contributed by atoms with Crippen molar-refractivity contribution in [2.45, 2.75) is 71.1 Å². The third-order valence-electron chi connectivity index (χ3n) is 4.69. The van der Waals surface area contributed by atoms with Gasteiger partial charge in [-0.1, -0.05) is 38.5 Å². The Morgan fingerprint density at radius 3 is 2.38 bits per heavy atom. The van der Waals surface area contributed by atoms with E-state index in [4.69, 9.17) is 4.74 Å². The van der Waals surface area contributed by atoms with Crippen LogP contribution < -0.4 is 10.1 Å². The highest BCUT2D eigenvalue weighted by molar-refractivity contribution is 7.99. The van der Waals surface area contributed by atoms with E-state index >= 15 is 0 Å². The van der Waals surface area contributed by atoms with Crippen LogP contribution in [0, 0.1) is 5.92 Å². The zero-order valence-electron chi connectivity index (χ0n) is 18.4. The highest BCUT2D eigenvalue weighted by Crippen LogP contribution is 2.28. The maximum absolute atomic E-state index is 12.3. The van der Waals surface area contributed by atoms with Crippen molar-refractivity contribution >= 4 is 17.7 Å². The van der Waals surface area contributed by atoms with Gasteiger partial charge >= 0.3 is 0 Å². The van der Waals surface area contributed by atoms with Gasteiger partial charge in [-0.05, 0) is 57.4 Å². The van der Waals surface area contributed by atoms with Crippen LogP contribution in [-0.4, -0.2) is 39.6 Å². The molecule has 0 aliphatic carbocycles. The van der Waals surface area contributed by atoms with Crippen molar-refractivity contribution in [1.29, 1.82) is 0 Å². The van der Waals surface area contributed by atoms with Crippen LogP contribution in [0.2, 0.25) is 0 Å². The van der Waals surface area contributed by atoms with E-state index in [1.807, 2.05) is 24.3 Å². The minimum Gasteiger partial charge on any atom is -0.497 e. The molecule has 1 aromatic heterocycles. The second-order valence-electron chi connectivity index (χ2n) is 8.08. The molecule has 0 fully saturated rings. The number of aromatic nitrogens is 3. The maximum atomic E-state index is 12.3. The van der Waals surface area contributed by atoms with Gasteiger partial charge in [0.2, 0.25) is 5.91 Å². The van der Waals surface area contributed by atoms with Crippen molar-refractivity contribution in [3.05, 3.63) is 24.3 Å². The van der Waals surface area contributed by atoms with E-state index < -0.39 is 0 Å². The molecule has 0 unspecified atom stereocenters. The van der Waals surface area contributed by atoms with E-state index in [1.54, 1.807) is 7.11 Å². The Kier molecular flexibility index (Phi) is 9.01. The first-order valence-corrected chi connectivity index (χ1v) is 11.3. The highest BCUT2D eigenvalue weighted by atomic mass is 32.2. The van der Waals surface area contributed by atoms with Gasteiger partial charge < -0.3 is 10.1 Å². The van der Waals surface area contributed by atoms with Gasteiger partial charge in [0.05, 0.1) is 12.9 Å². The van der Waals surface area contributed by atoms with Crippen molar-refractivity contribution < 1.29 is 9.53 Å². The molecule has 1 heterocycles. The normalized spacial score (nSPS) is 12.4. The Labute approximate surface area is 178 Å². The Balaban J connectivity index is 1.98. The summed E-state index contributed by atoms with van der Waals surface area (Å²) in [4.78, 5) is 12.3. The molecule has 2 aromatic rings. The molecule has 2 rings (SSSR count). The van der Waals surface area contributed by atoms with Crippen LogP contribution in [0.1, 0.15) is 59.9 Å².